The number of hydrogen-bond acceptors (Lipinski definition) is 5. The SMILES string of the molecule is CSc1ccc(-n2cnc3ccc(C(=N)OC(=N)CCc4cccc(C(F)(F)F)c4)cc32)cc1. The van der Waals surface area contributed by atoms with Gasteiger partial charge in [0.25, 0.3) is 0 Å². The minimum Gasteiger partial charge on any atom is -0.425 e. The van der Waals surface area contributed by atoms with Gasteiger partial charge in [-0.25, -0.2) is 4.98 Å². The molecule has 4 rings (SSSR count). The number of nitrogens with zero attached hydrogens (tertiary/aromatic N) is 2. The summed E-state index contributed by atoms with van der Waals surface area (Å²) in [5, 5.41) is 16.3. The molecule has 0 aliphatic carbocycles. The Labute approximate surface area is 198 Å². The van der Waals surface area contributed by atoms with Crippen LogP contribution in [-0.4, -0.2) is 27.6 Å². The molecule has 0 atom stereocenters. The number of ether oxygens (including phenoxy) is 1. The van der Waals surface area contributed by atoms with Gasteiger partial charge in [0.1, 0.15) is 6.33 Å². The summed E-state index contributed by atoms with van der Waals surface area (Å²) in [5.41, 5.74) is 2.67. The first-order chi connectivity index (χ1) is 16.2. The molecular formula is C25H21F3N4OS. The summed E-state index contributed by atoms with van der Waals surface area (Å²) in [6.07, 6.45) is -0.412. The Bertz CT molecular complexity index is 1350. The summed E-state index contributed by atoms with van der Waals surface area (Å²) < 4.78 is 45.9. The minimum absolute atomic E-state index is 0.0751. The van der Waals surface area contributed by atoms with E-state index in [0.717, 1.165) is 33.7 Å². The molecule has 0 unspecified atom stereocenters. The highest BCUT2D eigenvalue weighted by molar-refractivity contribution is 7.98. The quantitative estimate of drug-likeness (QED) is 0.182. The molecule has 2 N–H and O–H groups in total. The summed E-state index contributed by atoms with van der Waals surface area (Å²) in [6, 6.07) is 18.3. The highest BCUT2D eigenvalue weighted by Gasteiger charge is 2.30. The van der Waals surface area contributed by atoms with Gasteiger partial charge < -0.3 is 4.74 Å². The maximum Gasteiger partial charge on any atom is 0.416 e. The highest BCUT2D eigenvalue weighted by atomic mass is 32.2. The number of benzene rings is 3. The van der Waals surface area contributed by atoms with E-state index in [4.69, 9.17) is 15.6 Å². The Morgan fingerprint density at radius 2 is 1.79 bits per heavy atom. The molecule has 5 nitrogen and oxygen atoms in total. The molecule has 34 heavy (non-hydrogen) atoms. The first-order valence-electron chi connectivity index (χ1n) is 10.4. The molecule has 1 aromatic heterocycles. The molecule has 4 aromatic rings. The fraction of sp³-hybridized carbons (Fsp3) is 0.160. The molecule has 0 fully saturated rings. The second-order valence-electron chi connectivity index (χ2n) is 7.57. The fourth-order valence-electron chi connectivity index (χ4n) is 3.49. The second kappa shape index (κ2) is 9.72. The van der Waals surface area contributed by atoms with E-state index >= 15 is 0 Å². The van der Waals surface area contributed by atoms with Gasteiger partial charge in [0.2, 0.25) is 5.90 Å². The average molecular weight is 483 g/mol. The molecule has 0 aliphatic rings. The van der Waals surface area contributed by atoms with E-state index in [1.165, 1.54) is 6.07 Å². The van der Waals surface area contributed by atoms with Crippen LogP contribution in [0.25, 0.3) is 16.7 Å². The van der Waals surface area contributed by atoms with Crippen molar-refractivity contribution >= 4 is 34.6 Å². The van der Waals surface area contributed by atoms with Gasteiger partial charge in [0.15, 0.2) is 5.90 Å². The Morgan fingerprint density at radius 1 is 1.03 bits per heavy atom. The van der Waals surface area contributed by atoms with Crippen molar-refractivity contribution in [2.45, 2.75) is 23.9 Å². The van der Waals surface area contributed by atoms with E-state index in [9.17, 15) is 13.2 Å². The summed E-state index contributed by atoms with van der Waals surface area (Å²) in [7, 11) is 0. The Hall–Kier alpha value is -3.59. The third kappa shape index (κ3) is 5.31. The highest BCUT2D eigenvalue weighted by Crippen LogP contribution is 2.30. The van der Waals surface area contributed by atoms with Crippen LogP contribution in [0.15, 0.2) is 78.0 Å². The molecule has 0 amide bonds. The Kier molecular flexibility index (Phi) is 6.74. The Balaban J connectivity index is 1.45. The lowest BCUT2D eigenvalue weighted by Crippen LogP contribution is -2.13. The number of fused-ring (bicyclic) bond motifs is 1. The fourth-order valence-corrected chi connectivity index (χ4v) is 3.90. The van der Waals surface area contributed by atoms with Crippen LogP contribution in [0.3, 0.4) is 0 Å². The van der Waals surface area contributed by atoms with E-state index < -0.39 is 11.7 Å². The lowest BCUT2D eigenvalue weighted by atomic mass is 10.1. The second-order valence-corrected chi connectivity index (χ2v) is 8.45. The van der Waals surface area contributed by atoms with Crippen LogP contribution in [0.4, 0.5) is 13.2 Å². The predicted octanol–water partition coefficient (Wildman–Crippen LogP) is 6.72. The molecule has 174 valence electrons. The number of imidazole rings is 1. The predicted molar refractivity (Wildman–Crippen MR) is 128 cm³/mol. The smallest absolute Gasteiger partial charge is 0.416 e. The zero-order valence-corrected chi connectivity index (χ0v) is 19.0. The van der Waals surface area contributed by atoms with Crippen LogP contribution >= 0.6 is 11.8 Å². The monoisotopic (exact) mass is 482 g/mol. The first-order valence-corrected chi connectivity index (χ1v) is 11.6. The number of alkyl halides is 3. The molecule has 0 aliphatic heterocycles. The largest absolute Gasteiger partial charge is 0.425 e. The van der Waals surface area contributed by atoms with E-state index in [0.29, 0.717) is 11.1 Å². The summed E-state index contributed by atoms with van der Waals surface area (Å²) in [4.78, 5) is 5.56. The van der Waals surface area contributed by atoms with Crippen LogP contribution in [-0.2, 0) is 17.3 Å². The maximum absolute atomic E-state index is 12.9. The van der Waals surface area contributed by atoms with Crippen molar-refractivity contribution < 1.29 is 17.9 Å². The minimum atomic E-state index is -4.41. The van der Waals surface area contributed by atoms with Gasteiger partial charge in [0, 0.05) is 22.6 Å². The van der Waals surface area contributed by atoms with Gasteiger partial charge in [0.05, 0.1) is 16.6 Å². The average Bonchev–Trinajstić information content (AvgIpc) is 3.26. The summed E-state index contributed by atoms with van der Waals surface area (Å²) >= 11 is 1.65. The summed E-state index contributed by atoms with van der Waals surface area (Å²) in [5.74, 6) is -0.398. The first kappa shape index (κ1) is 23.6. The van der Waals surface area contributed by atoms with Crippen molar-refractivity contribution in [1.82, 2.24) is 9.55 Å². The van der Waals surface area contributed by atoms with Crippen molar-refractivity contribution in [3.8, 4) is 5.69 Å². The number of aryl methyl sites for hydroxylation is 1. The molecule has 1 heterocycles. The molecule has 0 saturated heterocycles. The van der Waals surface area contributed by atoms with Crippen LogP contribution < -0.4 is 0 Å². The molecule has 0 radical (unpaired) electrons. The van der Waals surface area contributed by atoms with Crippen molar-refractivity contribution in [1.29, 1.82) is 10.8 Å². The number of hydrogen-bond donors (Lipinski definition) is 2. The molecule has 3 aromatic carbocycles. The molecule has 0 saturated carbocycles. The number of thioether (sulfide) groups is 1. The topological polar surface area (TPSA) is 74.8 Å². The van der Waals surface area contributed by atoms with Crippen molar-refractivity contribution in [3.05, 3.63) is 89.7 Å². The third-order valence-corrected chi connectivity index (χ3v) is 6.02. The van der Waals surface area contributed by atoms with Gasteiger partial charge in [-0.1, -0.05) is 18.2 Å². The van der Waals surface area contributed by atoms with Gasteiger partial charge in [-0.05, 0) is 66.8 Å². The zero-order valence-electron chi connectivity index (χ0n) is 18.2. The standard InChI is InChI=1S/C25H21F3N4OS/c1-34-20-9-7-19(8-10-20)32-15-31-21-11-6-17(14-22(21)32)24(30)33-23(29)12-5-16-3-2-4-18(13-16)25(26,27)28/h2-4,6-11,13-15,29-30H,5,12H2,1H3. The van der Waals surface area contributed by atoms with Gasteiger partial charge >= 0.3 is 6.18 Å². The molecule has 9 heteroatoms. The molecular weight excluding hydrogens is 461 g/mol. The number of rotatable bonds is 6. The van der Waals surface area contributed by atoms with Crippen LogP contribution in [0.5, 0.6) is 0 Å². The van der Waals surface area contributed by atoms with Gasteiger partial charge in [-0.15, -0.1) is 11.8 Å². The number of halogens is 3. The van der Waals surface area contributed by atoms with Crippen LogP contribution in [0.2, 0.25) is 0 Å². The third-order valence-electron chi connectivity index (χ3n) is 5.28. The van der Waals surface area contributed by atoms with E-state index in [1.54, 1.807) is 42.4 Å². The van der Waals surface area contributed by atoms with Crippen molar-refractivity contribution in [2.75, 3.05) is 6.26 Å². The van der Waals surface area contributed by atoms with E-state index in [2.05, 4.69) is 4.98 Å². The van der Waals surface area contributed by atoms with Crippen molar-refractivity contribution in [3.63, 3.8) is 0 Å². The van der Waals surface area contributed by atoms with Gasteiger partial charge in [-0.3, -0.25) is 15.4 Å². The summed E-state index contributed by atoms with van der Waals surface area (Å²) in [6.45, 7) is 0. The lowest BCUT2D eigenvalue weighted by molar-refractivity contribution is -0.137. The van der Waals surface area contributed by atoms with Crippen molar-refractivity contribution in [2.24, 2.45) is 0 Å². The zero-order chi connectivity index (χ0) is 24.3. The Morgan fingerprint density at radius 3 is 2.50 bits per heavy atom. The van der Waals surface area contributed by atoms with E-state index in [-0.39, 0.29) is 24.6 Å². The van der Waals surface area contributed by atoms with E-state index in [1.807, 2.05) is 35.1 Å². The molecule has 0 bridgehead atoms. The van der Waals surface area contributed by atoms with Gasteiger partial charge in [-0.2, -0.15) is 13.2 Å². The number of aromatic nitrogens is 2. The maximum atomic E-state index is 12.9. The van der Waals surface area contributed by atoms with Crippen LogP contribution in [0, 0.1) is 10.8 Å². The molecule has 0 spiro atoms. The number of nitrogens with one attached hydrogen (secondary N) is 2. The normalized spacial score (nSPS) is 11.5. The van der Waals surface area contributed by atoms with Crippen LogP contribution in [0.1, 0.15) is 23.1 Å². The lowest BCUT2D eigenvalue weighted by Gasteiger charge is -2.11.